The predicted molar refractivity (Wildman–Crippen MR) is 59.7 cm³/mol. The summed E-state index contributed by atoms with van der Waals surface area (Å²) in [6.45, 7) is 4.50. The van der Waals surface area contributed by atoms with Crippen LogP contribution in [0.2, 0.25) is 0 Å². The Kier molecular flexibility index (Phi) is 2.80. The largest absolute Gasteiger partial charge is 0.360 e. The average Bonchev–Trinajstić information content (AvgIpc) is 2.78. The van der Waals surface area contributed by atoms with Gasteiger partial charge >= 0.3 is 0 Å². The molecule has 0 radical (unpaired) electrons. The predicted octanol–water partition coefficient (Wildman–Crippen LogP) is 3.03. The zero-order valence-corrected chi connectivity index (χ0v) is 9.31. The summed E-state index contributed by atoms with van der Waals surface area (Å²) in [7, 11) is 0. The van der Waals surface area contributed by atoms with Crippen molar-refractivity contribution in [2.75, 3.05) is 13.1 Å². The van der Waals surface area contributed by atoms with Crippen molar-refractivity contribution in [3.05, 3.63) is 0 Å². The number of likely N-dealkylation sites (tertiary alicyclic amines) is 1. The minimum Gasteiger partial charge on any atom is -0.360 e. The fraction of sp³-hybridized carbons (Fsp3) is 0.917. The minimum atomic E-state index is 0.625. The monoisotopic (exact) mass is 194 g/mol. The molecule has 2 nitrogen and oxygen atoms in total. The maximum atomic E-state index is 7.96. The van der Waals surface area contributed by atoms with Crippen LogP contribution in [0, 0.1) is 10.8 Å². The second-order valence-corrected chi connectivity index (χ2v) is 5.08. The Morgan fingerprint density at radius 2 is 2.00 bits per heavy atom. The Morgan fingerprint density at radius 1 is 1.29 bits per heavy atom. The van der Waals surface area contributed by atoms with Crippen molar-refractivity contribution in [3.8, 4) is 0 Å². The van der Waals surface area contributed by atoms with E-state index >= 15 is 0 Å². The number of hydrogen-bond donors (Lipinski definition) is 1. The maximum Gasteiger partial charge on any atom is 0.0957 e. The number of hydrogen-bond acceptors (Lipinski definition) is 1. The van der Waals surface area contributed by atoms with Gasteiger partial charge in [-0.3, -0.25) is 5.41 Å². The highest BCUT2D eigenvalue weighted by molar-refractivity contribution is 5.79. The molecule has 2 rings (SSSR count). The molecule has 0 bridgehead atoms. The first kappa shape index (κ1) is 10.0. The van der Waals surface area contributed by atoms with E-state index in [-0.39, 0.29) is 0 Å². The van der Waals surface area contributed by atoms with Crippen LogP contribution < -0.4 is 0 Å². The van der Waals surface area contributed by atoms with Crippen LogP contribution in [0.1, 0.15) is 51.9 Å². The molecule has 1 aliphatic carbocycles. The highest BCUT2D eigenvalue weighted by Crippen LogP contribution is 2.45. The van der Waals surface area contributed by atoms with Crippen molar-refractivity contribution >= 4 is 5.84 Å². The molecule has 1 saturated carbocycles. The van der Waals surface area contributed by atoms with Gasteiger partial charge in [-0.25, -0.2) is 0 Å². The van der Waals surface area contributed by atoms with Crippen LogP contribution in [-0.4, -0.2) is 23.8 Å². The smallest absolute Gasteiger partial charge is 0.0957 e. The first-order valence-corrected chi connectivity index (χ1v) is 6.08. The van der Waals surface area contributed by atoms with E-state index in [9.17, 15) is 0 Å². The maximum absolute atomic E-state index is 7.96. The van der Waals surface area contributed by atoms with Gasteiger partial charge in [0.25, 0.3) is 0 Å². The standard InChI is InChI=1S/C12H22N2/c1-2-5-11(13)14-9-8-12(10-14)6-3-4-7-12/h13H,2-10H2,1H3. The lowest BCUT2D eigenvalue weighted by Crippen LogP contribution is -2.30. The first-order chi connectivity index (χ1) is 6.76. The molecule has 2 heteroatoms. The molecular weight excluding hydrogens is 172 g/mol. The topological polar surface area (TPSA) is 27.1 Å². The van der Waals surface area contributed by atoms with E-state index in [1.54, 1.807) is 0 Å². The van der Waals surface area contributed by atoms with E-state index in [1.165, 1.54) is 38.6 Å². The molecule has 0 amide bonds. The Hall–Kier alpha value is -0.530. The molecule has 14 heavy (non-hydrogen) atoms. The summed E-state index contributed by atoms with van der Waals surface area (Å²) in [5, 5.41) is 7.96. The van der Waals surface area contributed by atoms with Crippen molar-refractivity contribution in [1.29, 1.82) is 5.41 Å². The van der Waals surface area contributed by atoms with E-state index in [2.05, 4.69) is 11.8 Å². The van der Waals surface area contributed by atoms with E-state index in [0.717, 1.165) is 25.2 Å². The zero-order valence-electron chi connectivity index (χ0n) is 9.31. The van der Waals surface area contributed by atoms with Gasteiger partial charge in [0.05, 0.1) is 5.84 Å². The molecule has 0 unspecified atom stereocenters. The first-order valence-electron chi connectivity index (χ1n) is 6.08. The Bertz CT molecular complexity index is 216. The van der Waals surface area contributed by atoms with Crippen LogP contribution >= 0.6 is 0 Å². The molecule has 0 atom stereocenters. The SMILES string of the molecule is CCCC(=N)N1CCC2(CCCC2)C1. The van der Waals surface area contributed by atoms with Gasteiger partial charge in [0.2, 0.25) is 0 Å². The fourth-order valence-electron chi connectivity index (χ4n) is 3.09. The highest BCUT2D eigenvalue weighted by atomic mass is 15.2. The van der Waals surface area contributed by atoms with Crippen molar-refractivity contribution in [2.24, 2.45) is 5.41 Å². The molecule has 0 aromatic heterocycles. The van der Waals surface area contributed by atoms with Crippen LogP contribution in [-0.2, 0) is 0 Å². The molecule has 1 spiro atoms. The third-order valence-electron chi connectivity index (χ3n) is 3.97. The number of rotatable bonds is 2. The normalized spacial score (nSPS) is 24.8. The van der Waals surface area contributed by atoms with Crippen LogP contribution in [0.15, 0.2) is 0 Å². The summed E-state index contributed by atoms with van der Waals surface area (Å²) in [5.74, 6) is 0.885. The van der Waals surface area contributed by atoms with Gasteiger partial charge in [0.15, 0.2) is 0 Å². The molecule has 2 fully saturated rings. The molecule has 1 heterocycles. The third kappa shape index (κ3) is 1.79. The van der Waals surface area contributed by atoms with E-state index in [0.29, 0.717) is 5.41 Å². The molecule has 1 aliphatic heterocycles. The lowest BCUT2D eigenvalue weighted by Gasteiger charge is -2.24. The van der Waals surface area contributed by atoms with E-state index < -0.39 is 0 Å². The number of amidine groups is 1. The molecule has 1 N–H and O–H groups in total. The fourth-order valence-corrected chi connectivity index (χ4v) is 3.09. The van der Waals surface area contributed by atoms with Crippen molar-refractivity contribution in [2.45, 2.75) is 51.9 Å². The molecule has 0 aromatic rings. The summed E-state index contributed by atoms with van der Waals surface area (Å²) in [4.78, 5) is 2.33. The van der Waals surface area contributed by atoms with E-state index in [1.807, 2.05) is 0 Å². The highest BCUT2D eigenvalue weighted by Gasteiger charge is 2.40. The molecular formula is C12H22N2. The quantitative estimate of drug-likeness (QED) is 0.531. The summed E-state index contributed by atoms with van der Waals surface area (Å²) in [5.41, 5.74) is 0.625. The summed E-state index contributed by atoms with van der Waals surface area (Å²) < 4.78 is 0. The van der Waals surface area contributed by atoms with Gasteiger partial charge in [0, 0.05) is 19.5 Å². The van der Waals surface area contributed by atoms with Gasteiger partial charge in [-0.2, -0.15) is 0 Å². The minimum absolute atomic E-state index is 0.625. The molecule has 0 aromatic carbocycles. The van der Waals surface area contributed by atoms with Crippen molar-refractivity contribution in [3.63, 3.8) is 0 Å². The van der Waals surface area contributed by atoms with Crippen molar-refractivity contribution < 1.29 is 0 Å². The average molecular weight is 194 g/mol. The Balaban J connectivity index is 1.90. The molecule has 80 valence electrons. The second-order valence-electron chi connectivity index (χ2n) is 5.08. The van der Waals surface area contributed by atoms with Gasteiger partial charge in [-0.15, -0.1) is 0 Å². The van der Waals surface area contributed by atoms with Gasteiger partial charge in [-0.05, 0) is 31.1 Å². The lowest BCUT2D eigenvalue weighted by molar-refractivity contribution is 0.310. The lowest BCUT2D eigenvalue weighted by atomic mass is 9.86. The van der Waals surface area contributed by atoms with Crippen LogP contribution in [0.25, 0.3) is 0 Å². The molecule has 1 saturated heterocycles. The number of nitrogens with one attached hydrogen (secondary N) is 1. The number of nitrogens with zero attached hydrogens (tertiary/aromatic N) is 1. The second kappa shape index (κ2) is 3.92. The summed E-state index contributed by atoms with van der Waals surface area (Å²) in [6.07, 6.45) is 9.12. The van der Waals surface area contributed by atoms with Crippen LogP contribution in [0.5, 0.6) is 0 Å². The van der Waals surface area contributed by atoms with Gasteiger partial charge in [-0.1, -0.05) is 19.8 Å². The van der Waals surface area contributed by atoms with Gasteiger partial charge in [0.1, 0.15) is 0 Å². The summed E-state index contributed by atoms with van der Waals surface area (Å²) >= 11 is 0. The Morgan fingerprint density at radius 3 is 2.64 bits per heavy atom. The van der Waals surface area contributed by atoms with Gasteiger partial charge < -0.3 is 4.90 Å². The zero-order chi connectivity index (χ0) is 10.0. The molecule has 2 aliphatic rings. The van der Waals surface area contributed by atoms with Crippen molar-refractivity contribution in [1.82, 2.24) is 4.90 Å². The summed E-state index contributed by atoms with van der Waals surface area (Å²) in [6, 6.07) is 0. The van der Waals surface area contributed by atoms with Crippen LogP contribution in [0.3, 0.4) is 0 Å². The Labute approximate surface area is 87.2 Å². The van der Waals surface area contributed by atoms with Crippen LogP contribution in [0.4, 0.5) is 0 Å². The van der Waals surface area contributed by atoms with E-state index in [4.69, 9.17) is 5.41 Å². The third-order valence-corrected chi connectivity index (χ3v) is 3.97.